The van der Waals surface area contributed by atoms with Gasteiger partial charge in [-0.1, -0.05) is 30.3 Å². The van der Waals surface area contributed by atoms with Crippen molar-refractivity contribution in [3.8, 4) is 0 Å². The summed E-state index contributed by atoms with van der Waals surface area (Å²) in [7, 11) is 0. The molecule has 0 spiro atoms. The lowest BCUT2D eigenvalue weighted by atomic mass is 10.1. The maximum absolute atomic E-state index is 3.30. The van der Waals surface area contributed by atoms with E-state index in [9.17, 15) is 0 Å². The predicted molar refractivity (Wildman–Crippen MR) is 65.4 cm³/mol. The van der Waals surface area contributed by atoms with Gasteiger partial charge in [-0.25, -0.2) is 0 Å². The summed E-state index contributed by atoms with van der Waals surface area (Å²) >= 11 is 0. The molecule has 74 valence electrons. The first-order valence-corrected chi connectivity index (χ1v) is 4.63. The van der Waals surface area contributed by atoms with Crippen molar-refractivity contribution >= 4 is 28.9 Å². The monoisotopic (exact) mass is 207 g/mol. The fourth-order valence-electron chi connectivity index (χ4n) is 1.50. The molecule has 0 saturated carbocycles. The van der Waals surface area contributed by atoms with Crippen molar-refractivity contribution in [3.05, 3.63) is 42.5 Å². The molecular weight excluding hydrogens is 194 g/mol. The van der Waals surface area contributed by atoms with Crippen LogP contribution in [0, 0.1) is 0 Å². The van der Waals surface area contributed by atoms with E-state index in [0.717, 1.165) is 6.54 Å². The van der Waals surface area contributed by atoms with Gasteiger partial charge in [0.1, 0.15) is 0 Å². The van der Waals surface area contributed by atoms with Gasteiger partial charge in [-0.3, -0.25) is 0 Å². The third kappa shape index (κ3) is 2.18. The second kappa shape index (κ2) is 4.87. The van der Waals surface area contributed by atoms with Crippen molar-refractivity contribution in [3.63, 3.8) is 0 Å². The minimum atomic E-state index is 0. The molecule has 2 heteroatoms. The largest absolute Gasteiger partial charge is 0.385 e. The lowest BCUT2D eigenvalue weighted by molar-refractivity contribution is 1.21. The van der Waals surface area contributed by atoms with E-state index < -0.39 is 0 Å². The minimum Gasteiger partial charge on any atom is -0.385 e. The first-order valence-electron chi connectivity index (χ1n) is 4.63. The van der Waals surface area contributed by atoms with Crippen molar-refractivity contribution in [1.29, 1.82) is 0 Å². The molecular formula is C12H14ClN. The molecule has 2 aromatic carbocycles. The van der Waals surface area contributed by atoms with E-state index in [1.807, 2.05) is 0 Å². The van der Waals surface area contributed by atoms with Crippen LogP contribution in [0.1, 0.15) is 6.92 Å². The van der Waals surface area contributed by atoms with E-state index in [2.05, 4.69) is 54.7 Å². The second-order valence-corrected chi connectivity index (χ2v) is 3.09. The van der Waals surface area contributed by atoms with Crippen molar-refractivity contribution in [2.24, 2.45) is 0 Å². The molecule has 0 saturated heterocycles. The lowest BCUT2D eigenvalue weighted by Gasteiger charge is -2.04. The highest BCUT2D eigenvalue weighted by atomic mass is 35.5. The summed E-state index contributed by atoms with van der Waals surface area (Å²) in [5.74, 6) is 0. The number of fused-ring (bicyclic) bond motifs is 1. The molecule has 1 nitrogen and oxygen atoms in total. The van der Waals surface area contributed by atoms with E-state index >= 15 is 0 Å². The van der Waals surface area contributed by atoms with E-state index in [-0.39, 0.29) is 12.4 Å². The van der Waals surface area contributed by atoms with E-state index in [0.29, 0.717) is 0 Å². The Hall–Kier alpha value is -1.21. The van der Waals surface area contributed by atoms with Gasteiger partial charge in [0.05, 0.1) is 0 Å². The van der Waals surface area contributed by atoms with Crippen LogP contribution in [0.25, 0.3) is 10.8 Å². The normalized spacial score (nSPS) is 9.50. The molecule has 0 atom stereocenters. The van der Waals surface area contributed by atoms with Gasteiger partial charge in [0.15, 0.2) is 0 Å². The molecule has 0 bridgehead atoms. The van der Waals surface area contributed by atoms with Crippen LogP contribution >= 0.6 is 12.4 Å². The number of anilines is 1. The summed E-state index contributed by atoms with van der Waals surface area (Å²) in [4.78, 5) is 0. The van der Waals surface area contributed by atoms with E-state index in [1.165, 1.54) is 16.5 Å². The van der Waals surface area contributed by atoms with Gasteiger partial charge >= 0.3 is 0 Å². The van der Waals surface area contributed by atoms with Crippen LogP contribution in [0.15, 0.2) is 42.5 Å². The molecule has 1 N–H and O–H groups in total. The molecule has 2 rings (SSSR count). The smallest absolute Gasteiger partial charge is 0.0346 e. The zero-order chi connectivity index (χ0) is 9.10. The molecule has 0 amide bonds. The summed E-state index contributed by atoms with van der Waals surface area (Å²) in [5, 5.41) is 5.89. The lowest BCUT2D eigenvalue weighted by Crippen LogP contribution is -1.95. The fraction of sp³-hybridized carbons (Fsp3) is 0.167. The molecule has 0 radical (unpaired) electrons. The van der Waals surface area contributed by atoms with Crippen LogP contribution in [0.5, 0.6) is 0 Å². The summed E-state index contributed by atoms with van der Waals surface area (Å²) in [6.07, 6.45) is 0. The first-order chi connectivity index (χ1) is 6.40. The van der Waals surface area contributed by atoms with Crippen LogP contribution in [-0.2, 0) is 0 Å². The van der Waals surface area contributed by atoms with E-state index in [1.54, 1.807) is 0 Å². The molecule has 0 aliphatic carbocycles. The molecule has 0 aliphatic heterocycles. The standard InChI is InChI=1S/C12H13N.ClH/c1-2-13-12-8-7-10-5-3-4-6-11(10)9-12;/h3-9,13H,2H2,1H3;1H. The third-order valence-electron chi connectivity index (χ3n) is 2.13. The Balaban J connectivity index is 0.000000980. The zero-order valence-corrected chi connectivity index (χ0v) is 8.97. The maximum atomic E-state index is 3.30. The van der Waals surface area contributed by atoms with Gasteiger partial charge in [0, 0.05) is 12.2 Å². The van der Waals surface area contributed by atoms with Gasteiger partial charge in [-0.05, 0) is 29.8 Å². The van der Waals surface area contributed by atoms with Crippen LogP contribution in [0.3, 0.4) is 0 Å². The van der Waals surface area contributed by atoms with E-state index in [4.69, 9.17) is 0 Å². The first kappa shape index (κ1) is 10.9. The molecule has 0 heterocycles. The summed E-state index contributed by atoms with van der Waals surface area (Å²) < 4.78 is 0. The van der Waals surface area contributed by atoms with Gasteiger partial charge in [-0.2, -0.15) is 0 Å². The highest BCUT2D eigenvalue weighted by Gasteiger charge is 1.93. The maximum Gasteiger partial charge on any atom is 0.0346 e. The average molecular weight is 208 g/mol. The van der Waals surface area contributed by atoms with Crippen LogP contribution < -0.4 is 5.32 Å². The Morgan fingerprint density at radius 3 is 2.43 bits per heavy atom. The predicted octanol–water partition coefficient (Wildman–Crippen LogP) is 3.69. The SMILES string of the molecule is CCNc1ccc2ccccc2c1.Cl. The van der Waals surface area contributed by atoms with Gasteiger partial charge in [0.2, 0.25) is 0 Å². The number of hydrogen-bond donors (Lipinski definition) is 1. The van der Waals surface area contributed by atoms with Crippen molar-refractivity contribution in [2.45, 2.75) is 6.92 Å². The Morgan fingerprint density at radius 1 is 1.00 bits per heavy atom. The molecule has 0 aromatic heterocycles. The van der Waals surface area contributed by atoms with Crippen molar-refractivity contribution < 1.29 is 0 Å². The number of hydrogen-bond acceptors (Lipinski definition) is 1. The van der Waals surface area contributed by atoms with Gasteiger partial charge in [-0.15, -0.1) is 12.4 Å². The molecule has 2 aromatic rings. The Bertz CT molecular complexity index is 412. The fourth-order valence-corrected chi connectivity index (χ4v) is 1.50. The van der Waals surface area contributed by atoms with Crippen LogP contribution in [0.2, 0.25) is 0 Å². The number of halogens is 1. The van der Waals surface area contributed by atoms with Crippen LogP contribution in [0.4, 0.5) is 5.69 Å². The quantitative estimate of drug-likeness (QED) is 0.792. The summed E-state index contributed by atoms with van der Waals surface area (Å²) in [6.45, 7) is 3.08. The summed E-state index contributed by atoms with van der Waals surface area (Å²) in [6, 6.07) is 14.8. The van der Waals surface area contributed by atoms with Gasteiger partial charge in [0.25, 0.3) is 0 Å². The Morgan fingerprint density at radius 2 is 1.71 bits per heavy atom. The number of benzene rings is 2. The third-order valence-corrected chi connectivity index (χ3v) is 2.13. The van der Waals surface area contributed by atoms with Crippen molar-refractivity contribution in [1.82, 2.24) is 0 Å². The Kier molecular flexibility index (Phi) is 3.78. The van der Waals surface area contributed by atoms with Gasteiger partial charge < -0.3 is 5.32 Å². The molecule has 0 aliphatic rings. The topological polar surface area (TPSA) is 12.0 Å². The minimum absolute atomic E-state index is 0. The average Bonchev–Trinajstić information content (AvgIpc) is 2.18. The Labute approximate surface area is 90.5 Å². The molecule has 14 heavy (non-hydrogen) atoms. The highest BCUT2D eigenvalue weighted by Crippen LogP contribution is 2.18. The highest BCUT2D eigenvalue weighted by molar-refractivity contribution is 5.85. The molecule has 0 unspecified atom stereocenters. The summed E-state index contributed by atoms with van der Waals surface area (Å²) in [5.41, 5.74) is 1.20. The van der Waals surface area contributed by atoms with Crippen LogP contribution in [-0.4, -0.2) is 6.54 Å². The second-order valence-electron chi connectivity index (χ2n) is 3.09. The number of rotatable bonds is 2. The zero-order valence-electron chi connectivity index (χ0n) is 8.16. The van der Waals surface area contributed by atoms with Crippen molar-refractivity contribution in [2.75, 3.05) is 11.9 Å². The number of nitrogens with one attached hydrogen (secondary N) is 1. The molecule has 0 fully saturated rings.